The average molecular weight is 719 g/mol. The molecule has 0 aromatic heterocycles. The monoisotopic (exact) mass is 718 g/mol. The van der Waals surface area contributed by atoms with Gasteiger partial charge < -0.3 is 19.2 Å². The van der Waals surface area contributed by atoms with Crippen LogP contribution in [0.15, 0.2) is 71.6 Å². The number of quaternary nitrogens is 1. The summed E-state index contributed by atoms with van der Waals surface area (Å²) < 4.78 is 35.6. The van der Waals surface area contributed by atoms with E-state index in [2.05, 4.69) is 56.9 Å². The summed E-state index contributed by atoms with van der Waals surface area (Å²) in [5.41, 5.74) is 4.54. The molecule has 0 spiro atoms. The van der Waals surface area contributed by atoms with Gasteiger partial charge in [0, 0.05) is 57.2 Å². The zero-order valence-corrected chi connectivity index (χ0v) is 33.1. The predicted octanol–water partition coefficient (Wildman–Crippen LogP) is 7.62. The second-order valence-corrected chi connectivity index (χ2v) is 17.8. The lowest BCUT2D eigenvalue weighted by Gasteiger charge is -2.50. The third-order valence-corrected chi connectivity index (χ3v) is 13.8. The molecule has 4 aliphatic heterocycles. The Morgan fingerprint density at radius 1 is 0.843 bits per heavy atom. The quantitative estimate of drug-likeness (QED) is 0.145. The van der Waals surface area contributed by atoms with Crippen molar-refractivity contribution in [3.63, 3.8) is 0 Å². The lowest BCUT2D eigenvalue weighted by atomic mass is 9.68. The van der Waals surface area contributed by atoms with Crippen molar-refractivity contribution in [3.8, 4) is 5.75 Å². The maximum Gasteiger partial charge on any atom is 0.179 e. The van der Waals surface area contributed by atoms with Crippen LogP contribution in [0.25, 0.3) is 0 Å². The number of hydrogen-bond donors (Lipinski definition) is 1. The zero-order valence-electron chi connectivity index (χ0n) is 32.2. The van der Waals surface area contributed by atoms with Gasteiger partial charge >= 0.3 is 0 Å². The van der Waals surface area contributed by atoms with Gasteiger partial charge in [-0.3, -0.25) is 4.90 Å². The molecule has 0 amide bonds. The number of nitrogens with zero attached hydrogens (tertiary/aromatic N) is 3. The first kappa shape index (κ1) is 39.3. The van der Waals surface area contributed by atoms with Crippen LogP contribution >= 0.6 is 0 Å². The van der Waals surface area contributed by atoms with Crippen LogP contribution in [-0.2, 0) is 9.84 Å². The highest BCUT2D eigenvalue weighted by Gasteiger charge is 2.49. The van der Waals surface area contributed by atoms with Gasteiger partial charge in [0.1, 0.15) is 5.75 Å². The van der Waals surface area contributed by atoms with E-state index in [1.807, 2.05) is 55.4 Å². The number of hydrogen-bond acceptors (Lipinski definition) is 6. The molecule has 0 saturated carbocycles. The fraction of sp³-hybridized carbons (Fsp3) is 0.581. The van der Waals surface area contributed by atoms with Gasteiger partial charge in [-0.15, -0.1) is 0 Å². The number of aryl methyl sites for hydroxylation is 2. The molecule has 7 nitrogen and oxygen atoms in total. The van der Waals surface area contributed by atoms with E-state index >= 15 is 0 Å². The fourth-order valence-electron chi connectivity index (χ4n) is 8.46. The van der Waals surface area contributed by atoms with Crippen LogP contribution in [0.2, 0.25) is 0 Å². The summed E-state index contributed by atoms with van der Waals surface area (Å²) in [6, 6.07) is 22.2. The average Bonchev–Trinajstić information content (AvgIpc) is 3.20. The van der Waals surface area contributed by atoms with E-state index in [-0.39, 0.29) is 5.75 Å². The van der Waals surface area contributed by atoms with E-state index in [4.69, 9.17) is 4.74 Å². The molecule has 3 fully saturated rings. The maximum absolute atomic E-state index is 14.1. The number of sulfone groups is 1. The van der Waals surface area contributed by atoms with Crippen molar-refractivity contribution in [2.75, 3.05) is 77.2 Å². The van der Waals surface area contributed by atoms with Crippen molar-refractivity contribution in [1.29, 1.82) is 0 Å². The van der Waals surface area contributed by atoms with Crippen molar-refractivity contribution in [2.24, 2.45) is 5.41 Å². The number of aliphatic hydroxyl groups is 1. The van der Waals surface area contributed by atoms with Gasteiger partial charge in [0.05, 0.1) is 49.5 Å². The van der Waals surface area contributed by atoms with E-state index in [1.165, 1.54) is 61.4 Å². The van der Waals surface area contributed by atoms with E-state index < -0.39 is 27.3 Å². The second kappa shape index (κ2) is 17.3. The van der Waals surface area contributed by atoms with Crippen molar-refractivity contribution in [3.05, 3.63) is 89.0 Å². The smallest absolute Gasteiger partial charge is 0.179 e. The molecule has 3 saturated heterocycles. The van der Waals surface area contributed by atoms with Gasteiger partial charge in [-0.05, 0) is 68.1 Å². The minimum Gasteiger partial charge on any atom is -0.493 e. The molecule has 3 aromatic carbocycles. The second-order valence-electron chi connectivity index (χ2n) is 15.9. The number of aliphatic hydroxyl groups excluding tert-OH is 1. The molecule has 2 bridgehead atoms. The fourth-order valence-corrected chi connectivity index (χ4v) is 10.6. The molecule has 8 heteroatoms. The summed E-state index contributed by atoms with van der Waals surface area (Å²) in [6.45, 7) is 17.8. The van der Waals surface area contributed by atoms with E-state index in [0.29, 0.717) is 29.9 Å². The summed E-state index contributed by atoms with van der Waals surface area (Å²) in [7, 11) is 0.323. The Labute approximate surface area is 309 Å². The summed E-state index contributed by atoms with van der Waals surface area (Å²) in [5.74, 6) is 0.377. The van der Waals surface area contributed by atoms with Crippen molar-refractivity contribution >= 4 is 15.5 Å². The highest BCUT2D eigenvalue weighted by Crippen LogP contribution is 2.50. The Kier molecular flexibility index (Phi) is 13.3. The molecule has 0 aliphatic carbocycles. The Morgan fingerprint density at radius 3 is 1.94 bits per heavy atom. The molecular weight excluding hydrogens is 655 g/mol. The molecule has 0 unspecified atom stereocenters. The van der Waals surface area contributed by atoms with Gasteiger partial charge in [-0.25, -0.2) is 8.42 Å². The van der Waals surface area contributed by atoms with Gasteiger partial charge in [-0.1, -0.05) is 87.1 Å². The largest absolute Gasteiger partial charge is 0.493 e. The van der Waals surface area contributed by atoms with Crippen LogP contribution in [0.5, 0.6) is 5.75 Å². The van der Waals surface area contributed by atoms with Crippen LogP contribution < -0.4 is 9.64 Å². The first-order chi connectivity index (χ1) is 24.4. The third kappa shape index (κ3) is 9.56. The molecule has 3 aromatic rings. The summed E-state index contributed by atoms with van der Waals surface area (Å²) in [4.78, 5) is 4.94. The molecular formula is C43H64N3O4S+. The first-order valence-corrected chi connectivity index (χ1v) is 21.1. The maximum atomic E-state index is 14.1. The number of unbranched alkanes of at least 4 members (excludes halogenated alkanes) is 2. The number of rotatable bonds is 13. The van der Waals surface area contributed by atoms with Crippen LogP contribution in [0.4, 0.5) is 5.69 Å². The normalized spacial score (nSPS) is 24.5. The highest BCUT2D eigenvalue weighted by atomic mass is 32.2. The van der Waals surface area contributed by atoms with E-state index in [0.717, 1.165) is 49.1 Å². The number of piperazine rings is 3. The van der Waals surface area contributed by atoms with Crippen molar-refractivity contribution in [2.45, 2.75) is 89.6 Å². The van der Waals surface area contributed by atoms with Crippen LogP contribution in [0, 0.1) is 19.3 Å². The van der Waals surface area contributed by atoms with E-state index in [1.54, 1.807) is 6.07 Å². The van der Waals surface area contributed by atoms with E-state index in [9.17, 15) is 13.5 Å². The summed E-state index contributed by atoms with van der Waals surface area (Å²) in [5, 5.41) is 12.4. The third-order valence-electron chi connectivity index (χ3n) is 11.8. The van der Waals surface area contributed by atoms with Crippen molar-refractivity contribution in [1.82, 2.24) is 4.90 Å². The first-order valence-electron chi connectivity index (χ1n) is 19.5. The minimum atomic E-state index is -3.61. The summed E-state index contributed by atoms with van der Waals surface area (Å²) in [6.07, 6.45) is 5.35. The van der Waals surface area contributed by atoms with Crippen LogP contribution in [-0.4, -0.2) is 101 Å². The Hall–Kier alpha value is -2.91. The van der Waals surface area contributed by atoms with Gasteiger partial charge in [0.25, 0.3) is 0 Å². The van der Waals surface area contributed by atoms with Crippen LogP contribution in [0.1, 0.15) is 87.0 Å². The Bertz CT molecular complexity index is 1600. The molecule has 2 atom stereocenters. The lowest BCUT2D eigenvalue weighted by molar-refractivity contribution is -0.941. The number of anilines is 1. The lowest BCUT2D eigenvalue weighted by Crippen LogP contribution is -2.67. The molecule has 1 N–H and O–H groups in total. The van der Waals surface area contributed by atoms with Gasteiger partial charge in [0.2, 0.25) is 0 Å². The number of fused-ring (bicyclic) bond motifs is 4. The Morgan fingerprint density at radius 2 is 1.41 bits per heavy atom. The molecule has 4 aliphatic rings. The SMILES string of the molecule is CCCCC1(CCCC)CS(=O)(=O)c2ccc(N(C)C)cc2[C@@H](c2ccc(OCCC[N+]34CCN(CC3)CC4)cc2)[C@H]1O.Cc1ccc(C)cc1. The molecule has 51 heavy (non-hydrogen) atoms. The van der Waals surface area contributed by atoms with Gasteiger partial charge in [-0.2, -0.15) is 0 Å². The number of ether oxygens (including phenoxy) is 1. The standard InChI is InChI=1S/C35H54N3O4S.C8H10/c1-5-7-16-35(17-8-6-2)27-43(40,41)32-15-12-29(36(3)4)26-31(32)33(34(35)39)28-10-13-30(14-11-28)42-25-9-21-38-22-18-37(19-23-38)20-24-38;1-7-3-5-8(2)6-4-7/h10-15,26,33-34,39H,5-9,16-25,27H2,1-4H3;3-6H,1-2H3/q+1;/t33-,34-;/m1./s1. The highest BCUT2D eigenvalue weighted by molar-refractivity contribution is 7.91. The summed E-state index contributed by atoms with van der Waals surface area (Å²) >= 11 is 0. The van der Waals surface area contributed by atoms with Crippen molar-refractivity contribution < 1.29 is 22.7 Å². The number of benzene rings is 3. The topological polar surface area (TPSA) is 70.1 Å². The molecule has 4 heterocycles. The minimum absolute atomic E-state index is 0.00873. The van der Waals surface area contributed by atoms with Crippen LogP contribution in [0.3, 0.4) is 0 Å². The molecule has 7 rings (SSSR count). The molecule has 280 valence electrons. The zero-order chi connectivity index (χ0) is 36.6. The predicted molar refractivity (Wildman–Crippen MR) is 211 cm³/mol. The van der Waals surface area contributed by atoms with Gasteiger partial charge in [0.15, 0.2) is 9.84 Å². The Balaban J connectivity index is 0.000000556. The molecule has 0 radical (unpaired) electrons.